The molecule has 1 N–H and O–H groups in total. The van der Waals surface area contributed by atoms with E-state index < -0.39 is 0 Å². The molecular formula is C12H14N. The fraction of sp³-hybridized carbons (Fsp3) is 0.250. The number of hydrogen-bond donors (Lipinski definition) is 1. The van der Waals surface area contributed by atoms with E-state index in [4.69, 9.17) is 0 Å². The van der Waals surface area contributed by atoms with Crippen molar-refractivity contribution < 1.29 is 0 Å². The Morgan fingerprint density at radius 2 is 2.23 bits per heavy atom. The van der Waals surface area contributed by atoms with E-state index in [1.165, 1.54) is 11.1 Å². The molecule has 1 heterocycles. The van der Waals surface area contributed by atoms with Crippen molar-refractivity contribution in [2.24, 2.45) is 0 Å². The minimum atomic E-state index is 0.363. The Balaban J connectivity index is 2.31. The predicted octanol–water partition coefficient (Wildman–Crippen LogP) is 2.26. The molecule has 1 radical (unpaired) electrons. The van der Waals surface area contributed by atoms with Crippen LogP contribution >= 0.6 is 0 Å². The Hall–Kier alpha value is -1.08. The molecule has 0 fully saturated rings. The summed E-state index contributed by atoms with van der Waals surface area (Å²) in [5, 5.41) is 3.45. The highest BCUT2D eigenvalue weighted by Crippen LogP contribution is 2.24. The summed E-state index contributed by atoms with van der Waals surface area (Å²) < 4.78 is 0. The highest BCUT2D eigenvalue weighted by atomic mass is 14.9. The van der Waals surface area contributed by atoms with Crippen molar-refractivity contribution in [1.29, 1.82) is 0 Å². The lowest BCUT2D eigenvalue weighted by molar-refractivity contribution is 0.563. The van der Waals surface area contributed by atoms with Crippen molar-refractivity contribution >= 4 is 0 Å². The van der Waals surface area contributed by atoms with Crippen LogP contribution in [0.4, 0.5) is 0 Å². The lowest BCUT2D eigenvalue weighted by Crippen LogP contribution is -2.29. The molecule has 2 rings (SSSR count). The predicted molar refractivity (Wildman–Crippen MR) is 55.4 cm³/mol. The molecule has 1 aliphatic heterocycles. The second-order valence-electron chi connectivity index (χ2n) is 3.31. The van der Waals surface area contributed by atoms with Crippen LogP contribution in [0.2, 0.25) is 0 Å². The van der Waals surface area contributed by atoms with Gasteiger partial charge in [-0.2, -0.15) is 0 Å². The number of benzene rings is 1. The molecule has 0 saturated heterocycles. The molecule has 1 atom stereocenters. The van der Waals surface area contributed by atoms with Crippen molar-refractivity contribution in [3.8, 4) is 0 Å². The Bertz CT molecular complexity index is 304. The van der Waals surface area contributed by atoms with Gasteiger partial charge in [0.05, 0.1) is 0 Å². The smallest absolute Gasteiger partial charge is 0.0392 e. The number of nitrogens with one attached hydrogen (secondary N) is 1. The Morgan fingerprint density at radius 1 is 1.38 bits per heavy atom. The fourth-order valence-corrected chi connectivity index (χ4v) is 1.85. The second-order valence-corrected chi connectivity index (χ2v) is 3.31. The van der Waals surface area contributed by atoms with Gasteiger partial charge in [-0.1, -0.05) is 30.3 Å². The molecule has 0 saturated carbocycles. The molecule has 1 aromatic carbocycles. The third kappa shape index (κ3) is 1.65. The first-order valence-corrected chi connectivity index (χ1v) is 4.69. The second kappa shape index (κ2) is 3.75. The van der Waals surface area contributed by atoms with E-state index in [2.05, 4.69) is 42.6 Å². The van der Waals surface area contributed by atoms with Gasteiger partial charge in [0.25, 0.3) is 0 Å². The topological polar surface area (TPSA) is 12.0 Å². The van der Waals surface area contributed by atoms with E-state index in [9.17, 15) is 0 Å². The average Bonchev–Trinajstić information content (AvgIpc) is 2.19. The maximum atomic E-state index is 3.73. The Kier molecular flexibility index (Phi) is 2.46. The first kappa shape index (κ1) is 8.52. The van der Waals surface area contributed by atoms with E-state index in [0.29, 0.717) is 6.04 Å². The monoisotopic (exact) mass is 172 g/mol. The fourth-order valence-electron chi connectivity index (χ4n) is 1.85. The van der Waals surface area contributed by atoms with Gasteiger partial charge in [-0.15, -0.1) is 6.58 Å². The third-order valence-corrected chi connectivity index (χ3v) is 2.48. The van der Waals surface area contributed by atoms with Crippen molar-refractivity contribution in [1.82, 2.24) is 5.32 Å². The molecule has 0 aliphatic carbocycles. The highest BCUT2D eigenvalue weighted by molar-refractivity contribution is 5.34. The van der Waals surface area contributed by atoms with Crippen LogP contribution in [0.3, 0.4) is 0 Å². The zero-order chi connectivity index (χ0) is 9.10. The minimum absolute atomic E-state index is 0.363. The van der Waals surface area contributed by atoms with Crippen LogP contribution in [-0.4, -0.2) is 6.54 Å². The normalized spacial score (nSPS) is 20.8. The molecule has 13 heavy (non-hydrogen) atoms. The molecule has 0 aromatic heterocycles. The van der Waals surface area contributed by atoms with Crippen LogP contribution in [0.5, 0.6) is 0 Å². The van der Waals surface area contributed by atoms with E-state index in [-0.39, 0.29) is 0 Å². The van der Waals surface area contributed by atoms with Crippen molar-refractivity contribution in [3.05, 3.63) is 54.5 Å². The summed E-state index contributed by atoms with van der Waals surface area (Å²) in [6.45, 7) is 4.79. The number of hydrogen-bond acceptors (Lipinski definition) is 1. The third-order valence-electron chi connectivity index (χ3n) is 2.48. The molecule has 67 valence electrons. The summed E-state index contributed by atoms with van der Waals surface area (Å²) in [6, 6.07) is 8.96. The summed E-state index contributed by atoms with van der Waals surface area (Å²) in [6.07, 6.45) is 5.11. The van der Waals surface area contributed by atoms with Crippen LogP contribution < -0.4 is 5.32 Å². The first-order chi connectivity index (χ1) is 6.42. The van der Waals surface area contributed by atoms with Crippen LogP contribution in [0.25, 0.3) is 0 Å². The molecule has 1 nitrogen and oxygen atoms in total. The summed E-state index contributed by atoms with van der Waals surface area (Å²) in [5.74, 6) is 0. The van der Waals surface area contributed by atoms with E-state index >= 15 is 0 Å². The molecule has 0 amide bonds. The van der Waals surface area contributed by atoms with Crippen molar-refractivity contribution in [2.75, 3.05) is 6.54 Å². The number of rotatable bonds is 2. The molecule has 1 aliphatic rings. The Morgan fingerprint density at radius 3 is 3.08 bits per heavy atom. The summed E-state index contributed by atoms with van der Waals surface area (Å²) in [4.78, 5) is 0. The molecule has 1 heteroatoms. The lowest BCUT2D eigenvalue weighted by Gasteiger charge is -2.25. The van der Waals surface area contributed by atoms with Gasteiger partial charge in [-0.05, 0) is 24.1 Å². The molecule has 0 spiro atoms. The summed E-state index contributed by atoms with van der Waals surface area (Å²) in [7, 11) is 0. The summed E-state index contributed by atoms with van der Waals surface area (Å²) in [5.41, 5.74) is 2.86. The molecule has 1 aromatic rings. The van der Waals surface area contributed by atoms with Gasteiger partial charge in [0, 0.05) is 12.5 Å². The van der Waals surface area contributed by atoms with Gasteiger partial charge in [-0.3, -0.25) is 0 Å². The zero-order valence-corrected chi connectivity index (χ0v) is 7.66. The van der Waals surface area contributed by atoms with Gasteiger partial charge in [0.1, 0.15) is 0 Å². The van der Waals surface area contributed by atoms with E-state index in [0.717, 1.165) is 13.0 Å². The zero-order valence-electron chi connectivity index (χ0n) is 7.66. The van der Waals surface area contributed by atoms with Gasteiger partial charge in [-0.25, -0.2) is 0 Å². The molecular weight excluding hydrogens is 158 g/mol. The summed E-state index contributed by atoms with van der Waals surface area (Å²) >= 11 is 0. The standard InChI is InChI=1S/C12H14N/c1-2-5-12-11-7-4-3-6-10(11)8-9-13-12/h2-7,12-13H,1,8-9H2. The maximum Gasteiger partial charge on any atom is 0.0392 e. The van der Waals surface area contributed by atoms with Gasteiger partial charge in [0.2, 0.25) is 0 Å². The quantitative estimate of drug-likeness (QED) is 0.721. The van der Waals surface area contributed by atoms with Crippen molar-refractivity contribution in [2.45, 2.75) is 12.5 Å². The SMILES string of the molecule is C=C[CH]C1NCCc2ccccc21. The van der Waals surface area contributed by atoms with Crippen LogP contribution in [-0.2, 0) is 6.42 Å². The average molecular weight is 172 g/mol. The molecule has 0 bridgehead atoms. The van der Waals surface area contributed by atoms with Gasteiger partial charge < -0.3 is 5.32 Å². The van der Waals surface area contributed by atoms with Crippen LogP contribution in [0, 0.1) is 6.42 Å². The molecule has 1 unspecified atom stereocenters. The van der Waals surface area contributed by atoms with E-state index in [1.807, 2.05) is 6.08 Å². The van der Waals surface area contributed by atoms with Crippen LogP contribution in [0.15, 0.2) is 36.9 Å². The maximum absolute atomic E-state index is 3.73. The van der Waals surface area contributed by atoms with Crippen LogP contribution in [0.1, 0.15) is 17.2 Å². The minimum Gasteiger partial charge on any atom is -0.309 e. The van der Waals surface area contributed by atoms with E-state index in [1.54, 1.807) is 0 Å². The largest absolute Gasteiger partial charge is 0.309 e. The first-order valence-electron chi connectivity index (χ1n) is 4.69. The Labute approximate surface area is 79.5 Å². The number of fused-ring (bicyclic) bond motifs is 1. The van der Waals surface area contributed by atoms with Crippen molar-refractivity contribution in [3.63, 3.8) is 0 Å². The van der Waals surface area contributed by atoms with Gasteiger partial charge in [0.15, 0.2) is 0 Å². The lowest BCUT2D eigenvalue weighted by atomic mass is 9.93. The van der Waals surface area contributed by atoms with Gasteiger partial charge >= 0.3 is 0 Å². The highest BCUT2D eigenvalue weighted by Gasteiger charge is 2.17.